The van der Waals surface area contributed by atoms with Gasteiger partial charge in [-0.1, -0.05) is 173 Å². The Bertz CT molecular complexity index is 949. The summed E-state index contributed by atoms with van der Waals surface area (Å²) >= 11 is 0. The highest BCUT2D eigenvalue weighted by atomic mass is 31.2. The number of esters is 2. The Morgan fingerprint density at radius 3 is 1.58 bits per heavy atom. The van der Waals surface area contributed by atoms with E-state index in [1.165, 1.54) is 134 Å². The lowest BCUT2D eigenvalue weighted by molar-refractivity contribution is -0.870. The Hall–Kier alpha value is -1.51. The first kappa shape index (κ1) is 50.5. The van der Waals surface area contributed by atoms with E-state index >= 15 is 0 Å². The second-order valence-electron chi connectivity index (χ2n) is 15.5. The van der Waals surface area contributed by atoms with Crippen molar-refractivity contribution in [3.63, 3.8) is 0 Å². The van der Waals surface area contributed by atoms with Crippen LogP contribution in [0.3, 0.4) is 0 Å². The number of hydrogen-bond donors (Lipinski definition) is 1. The number of rotatable bonds is 38. The monoisotopic (exact) mass is 759 g/mol. The van der Waals surface area contributed by atoms with Gasteiger partial charge in [0.2, 0.25) is 0 Å². The van der Waals surface area contributed by atoms with Gasteiger partial charge in [0.25, 0.3) is 0 Å². The van der Waals surface area contributed by atoms with Crippen LogP contribution in [0.4, 0.5) is 0 Å². The van der Waals surface area contributed by atoms with Gasteiger partial charge >= 0.3 is 19.8 Å². The molecule has 0 radical (unpaired) electrons. The van der Waals surface area contributed by atoms with Gasteiger partial charge in [0.05, 0.1) is 27.7 Å². The summed E-state index contributed by atoms with van der Waals surface area (Å²) < 4.78 is 34.0. The molecule has 0 rings (SSSR count). The minimum Gasteiger partial charge on any atom is -0.458 e. The highest BCUT2D eigenvalue weighted by Crippen LogP contribution is 2.43. The zero-order valence-corrected chi connectivity index (χ0v) is 35.2. The van der Waals surface area contributed by atoms with Crippen LogP contribution in [0, 0.1) is 0 Å². The van der Waals surface area contributed by atoms with Gasteiger partial charge in [-0.15, -0.1) is 0 Å². The third-order valence-corrected chi connectivity index (χ3v) is 10.1. The molecule has 0 aromatic rings. The number of carbonyl (C=O) groups excluding carboxylic acids is 2. The lowest BCUT2D eigenvalue weighted by Crippen LogP contribution is -2.37. The predicted octanol–water partition coefficient (Wildman–Crippen LogP) is 11.6. The number of nitrogens with zero attached hydrogens (tertiary/aromatic N) is 1. The molecule has 1 N–H and O–H groups in total. The zero-order valence-electron chi connectivity index (χ0n) is 34.3. The molecule has 0 amide bonds. The Kier molecular flexibility index (Phi) is 34.2. The summed E-state index contributed by atoms with van der Waals surface area (Å²) in [5.74, 6) is -1.05. The van der Waals surface area contributed by atoms with Crippen LogP contribution >= 0.6 is 7.82 Å². The fourth-order valence-electron chi connectivity index (χ4n) is 5.75. The summed E-state index contributed by atoms with van der Waals surface area (Å²) in [7, 11) is 1.44. The molecule has 0 saturated heterocycles. The molecule has 52 heavy (non-hydrogen) atoms. The van der Waals surface area contributed by atoms with E-state index in [1.807, 2.05) is 33.3 Å². The molecule has 0 saturated carbocycles. The molecule has 0 aromatic heterocycles. The summed E-state index contributed by atoms with van der Waals surface area (Å²) in [6, 6.07) is 0. The van der Waals surface area contributed by atoms with Crippen LogP contribution in [0.1, 0.15) is 181 Å². The lowest BCUT2D eigenvalue weighted by atomic mass is 10.0. The number of phosphoric acid groups is 1. The number of allylic oxidation sites excluding steroid dienone is 3. The topological polar surface area (TPSA) is 108 Å². The van der Waals surface area contributed by atoms with E-state index < -0.39 is 32.5 Å². The normalized spacial score (nSPS) is 13.9. The van der Waals surface area contributed by atoms with Crippen molar-refractivity contribution in [1.29, 1.82) is 0 Å². The van der Waals surface area contributed by atoms with Crippen LogP contribution in [0.25, 0.3) is 0 Å². The summed E-state index contributed by atoms with van der Waals surface area (Å²) in [5.41, 5.74) is 0. The van der Waals surface area contributed by atoms with Gasteiger partial charge in [-0.2, -0.15) is 0 Å². The first-order chi connectivity index (χ1) is 25.0. The maximum atomic E-state index is 12.6. The Balaban J connectivity index is 4.47. The Morgan fingerprint density at radius 1 is 0.635 bits per heavy atom. The van der Waals surface area contributed by atoms with Gasteiger partial charge in [0, 0.05) is 12.5 Å². The molecule has 306 valence electrons. The van der Waals surface area contributed by atoms with Crippen molar-refractivity contribution >= 4 is 19.8 Å². The quantitative estimate of drug-likeness (QED) is 0.0166. The third-order valence-electron chi connectivity index (χ3n) is 9.09. The lowest BCUT2D eigenvalue weighted by Gasteiger charge is -2.24. The van der Waals surface area contributed by atoms with Crippen molar-refractivity contribution in [1.82, 2.24) is 0 Å². The number of quaternary nitrogens is 1. The molecule has 0 fully saturated rings. The van der Waals surface area contributed by atoms with E-state index in [9.17, 15) is 19.0 Å². The Labute approximate surface area is 319 Å². The maximum Gasteiger partial charge on any atom is 0.472 e. The van der Waals surface area contributed by atoms with Crippen molar-refractivity contribution in [3.05, 3.63) is 24.3 Å². The van der Waals surface area contributed by atoms with Gasteiger partial charge < -0.3 is 18.9 Å². The summed E-state index contributed by atoms with van der Waals surface area (Å²) in [4.78, 5) is 35.1. The van der Waals surface area contributed by atoms with Crippen LogP contribution in [-0.2, 0) is 32.7 Å². The molecular weight excluding hydrogens is 677 g/mol. The molecule has 0 bridgehead atoms. The number of phosphoric ester groups is 1. The van der Waals surface area contributed by atoms with Crippen molar-refractivity contribution in [2.24, 2.45) is 0 Å². The maximum absolute atomic E-state index is 12.6. The van der Waals surface area contributed by atoms with Crippen molar-refractivity contribution < 1.29 is 42.1 Å². The van der Waals surface area contributed by atoms with Crippen LogP contribution < -0.4 is 0 Å². The number of ether oxygens (including phenoxy) is 2. The van der Waals surface area contributed by atoms with Crippen LogP contribution in [0.2, 0.25) is 0 Å². The minimum absolute atomic E-state index is 0.0212. The average Bonchev–Trinajstić information content (AvgIpc) is 3.09. The summed E-state index contributed by atoms with van der Waals surface area (Å²) in [6.07, 6.45) is 37.1. The molecular formula is C42H81NO8P+. The van der Waals surface area contributed by atoms with Gasteiger partial charge in [0.1, 0.15) is 19.8 Å². The van der Waals surface area contributed by atoms with Gasteiger partial charge in [-0.05, 0) is 19.3 Å². The van der Waals surface area contributed by atoms with E-state index in [0.29, 0.717) is 17.4 Å². The molecule has 0 aliphatic carbocycles. The van der Waals surface area contributed by atoms with Crippen LogP contribution in [0.15, 0.2) is 24.3 Å². The van der Waals surface area contributed by atoms with Crippen molar-refractivity contribution in [2.45, 2.75) is 187 Å². The standard InChI is InChI=1S/C42H80NO8P/c1-6-8-10-12-14-16-18-20-21-23-24-26-28-30-32-34-41(44)48-38-40(39-50-52(46,47)49-37-36-43(3,4)5)51-42(45)35-33-31-29-27-25-22-19-17-15-13-11-9-7-2/h28,30,32,34,40H,6-27,29,31,33,35-39H2,1-5H3/p+1/b30-28+,34-32+/t40-/m1/s1. The van der Waals surface area contributed by atoms with Crippen LogP contribution in [0.5, 0.6) is 0 Å². The molecule has 9 nitrogen and oxygen atoms in total. The first-order valence-electron chi connectivity index (χ1n) is 21.1. The average molecular weight is 759 g/mol. The number of carbonyl (C=O) groups is 2. The number of unbranched alkanes of at least 4 members (excludes halogenated alkanes) is 23. The minimum atomic E-state index is -4.39. The van der Waals surface area contributed by atoms with Gasteiger partial charge in [-0.3, -0.25) is 13.8 Å². The fourth-order valence-corrected chi connectivity index (χ4v) is 6.49. The smallest absolute Gasteiger partial charge is 0.458 e. The molecule has 10 heteroatoms. The van der Waals surface area contributed by atoms with E-state index in [0.717, 1.165) is 25.7 Å². The summed E-state index contributed by atoms with van der Waals surface area (Å²) in [5, 5.41) is 0. The molecule has 0 heterocycles. The van der Waals surface area contributed by atoms with Crippen LogP contribution in [-0.4, -0.2) is 74.9 Å². The number of likely N-dealkylation sites (N-methyl/N-ethyl adjacent to an activating group) is 1. The Morgan fingerprint density at radius 2 is 1.10 bits per heavy atom. The molecule has 2 atom stereocenters. The van der Waals surface area contributed by atoms with Gasteiger partial charge in [0.15, 0.2) is 6.10 Å². The van der Waals surface area contributed by atoms with Crippen molar-refractivity contribution in [2.75, 3.05) is 47.5 Å². The largest absolute Gasteiger partial charge is 0.472 e. The zero-order chi connectivity index (χ0) is 38.6. The number of hydrogen-bond acceptors (Lipinski definition) is 7. The highest BCUT2D eigenvalue weighted by Gasteiger charge is 2.26. The SMILES string of the molecule is CCCCCCCCCCCCC/C=C/C=C/C(=O)OC[C@H](COP(=O)(O)OCC[N+](C)(C)C)OC(=O)CCCCCCCCCCCCCCC. The molecule has 0 aliphatic heterocycles. The molecule has 0 spiro atoms. The van der Waals surface area contributed by atoms with Crippen molar-refractivity contribution in [3.8, 4) is 0 Å². The van der Waals surface area contributed by atoms with E-state index in [2.05, 4.69) is 13.8 Å². The molecule has 1 unspecified atom stereocenters. The van der Waals surface area contributed by atoms with E-state index in [-0.39, 0.29) is 19.6 Å². The predicted molar refractivity (Wildman–Crippen MR) is 215 cm³/mol. The second kappa shape index (κ2) is 35.2. The fraction of sp³-hybridized carbons (Fsp3) is 0.857. The second-order valence-corrected chi connectivity index (χ2v) is 16.9. The first-order valence-corrected chi connectivity index (χ1v) is 22.6. The molecule has 0 aliphatic rings. The van der Waals surface area contributed by atoms with E-state index in [1.54, 1.807) is 6.08 Å². The van der Waals surface area contributed by atoms with E-state index in [4.69, 9.17) is 18.5 Å². The summed E-state index contributed by atoms with van der Waals surface area (Å²) in [6.45, 7) is 4.30. The third kappa shape index (κ3) is 38.2. The molecule has 0 aromatic carbocycles. The van der Waals surface area contributed by atoms with Gasteiger partial charge in [-0.25, -0.2) is 9.36 Å². The highest BCUT2D eigenvalue weighted by molar-refractivity contribution is 7.47.